The summed E-state index contributed by atoms with van der Waals surface area (Å²) in [5, 5.41) is 15.8. The molecule has 5 heteroatoms. The largest absolute Gasteiger partial charge is 0.475 e. The number of aryl methyl sites for hydroxylation is 1. The van der Waals surface area contributed by atoms with Crippen molar-refractivity contribution < 1.29 is 9.90 Å². The number of benzene rings is 1. The van der Waals surface area contributed by atoms with Gasteiger partial charge in [-0.05, 0) is 12.5 Å². The highest BCUT2D eigenvalue weighted by molar-refractivity contribution is 5.83. The number of aromatic nitrogens is 3. The number of rotatable bonds is 2. The zero-order chi connectivity index (χ0) is 11.5. The van der Waals surface area contributed by atoms with Crippen LogP contribution in [0, 0.1) is 6.92 Å². The predicted molar refractivity (Wildman–Crippen MR) is 57.0 cm³/mol. The Morgan fingerprint density at radius 3 is 2.75 bits per heavy atom. The lowest BCUT2D eigenvalue weighted by Gasteiger charge is -2.03. The van der Waals surface area contributed by atoms with E-state index in [2.05, 4.69) is 15.2 Å². The van der Waals surface area contributed by atoms with Crippen molar-refractivity contribution in [2.24, 2.45) is 0 Å². The van der Waals surface area contributed by atoms with E-state index in [0.717, 1.165) is 11.1 Å². The monoisotopic (exact) mass is 215 g/mol. The fourth-order valence-electron chi connectivity index (χ4n) is 1.38. The Kier molecular flexibility index (Phi) is 2.59. The SMILES string of the molecule is Cc1ccccc1-c1cnnc(C(=O)O)n1. The van der Waals surface area contributed by atoms with Gasteiger partial charge in [0.2, 0.25) is 0 Å². The summed E-state index contributed by atoms with van der Waals surface area (Å²) in [5.74, 6) is -1.47. The van der Waals surface area contributed by atoms with Gasteiger partial charge in [0.05, 0.1) is 11.9 Å². The van der Waals surface area contributed by atoms with Crippen LogP contribution in [0.3, 0.4) is 0 Å². The third-order valence-corrected chi connectivity index (χ3v) is 2.17. The fourth-order valence-corrected chi connectivity index (χ4v) is 1.38. The number of carboxylic acids is 1. The highest BCUT2D eigenvalue weighted by Gasteiger charge is 2.10. The second-order valence-electron chi connectivity index (χ2n) is 3.29. The number of carboxylic acid groups (broad SMARTS) is 1. The molecule has 1 heterocycles. The number of nitrogens with zero attached hydrogens (tertiary/aromatic N) is 3. The third-order valence-electron chi connectivity index (χ3n) is 2.17. The van der Waals surface area contributed by atoms with Gasteiger partial charge in [-0.3, -0.25) is 0 Å². The molecule has 0 saturated heterocycles. The zero-order valence-electron chi connectivity index (χ0n) is 8.58. The van der Waals surface area contributed by atoms with Gasteiger partial charge >= 0.3 is 5.97 Å². The smallest absolute Gasteiger partial charge is 0.375 e. The molecule has 0 amide bonds. The van der Waals surface area contributed by atoms with Crippen molar-refractivity contribution in [3.8, 4) is 11.3 Å². The molecule has 2 aromatic rings. The van der Waals surface area contributed by atoms with Crippen LogP contribution in [-0.2, 0) is 0 Å². The predicted octanol–water partition coefficient (Wildman–Crippen LogP) is 1.55. The van der Waals surface area contributed by atoms with Crippen molar-refractivity contribution >= 4 is 5.97 Å². The van der Waals surface area contributed by atoms with Crippen LogP contribution < -0.4 is 0 Å². The van der Waals surface area contributed by atoms with Crippen molar-refractivity contribution in [1.82, 2.24) is 15.2 Å². The molecule has 0 aliphatic carbocycles. The summed E-state index contributed by atoms with van der Waals surface area (Å²) in [7, 11) is 0. The van der Waals surface area contributed by atoms with Gasteiger partial charge in [-0.2, -0.15) is 5.10 Å². The van der Waals surface area contributed by atoms with Crippen LogP contribution in [0.15, 0.2) is 30.5 Å². The molecule has 0 saturated carbocycles. The molecule has 0 radical (unpaired) electrons. The summed E-state index contributed by atoms with van der Waals surface area (Å²) < 4.78 is 0. The Hall–Kier alpha value is -2.30. The van der Waals surface area contributed by atoms with Crippen LogP contribution >= 0.6 is 0 Å². The molecular formula is C11H9N3O2. The number of aromatic carboxylic acids is 1. The summed E-state index contributed by atoms with van der Waals surface area (Å²) >= 11 is 0. The van der Waals surface area contributed by atoms with E-state index in [1.54, 1.807) is 0 Å². The first kappa shape index (κ1) is 10.2. The highest BCUT2D eigenvalue weighted by Crippen LogP contribution is 2.19. The molecule has 0 spiro atoms. The lowest BCUT2D eigenvalue weighted by atomic mass is 10.1. The Bertz CT molecular complexity index is 540. The van der Waals surface area contributed by atoms with Gasteiger partial charge in [-0.1, -0.05) is 24.3 Å². The first-order chi connectivity index (χ1) is 7.68. The molecule has 0 aliphatic heterocycles. The number of carbonyl (C=O) groups is 1. The van der Waals surface area contributed by atoms with E-state index in [4.69, 9.17) is 5.11 Å². The molecule has 1 aromatic heterocycles. The van der Waals surface area contributed by atoms with Crippen LogP contribution in [0.4, 0.5) is 0 Å². The second-order valence-corrected chi connectivity index (χ2v) is 3.29. The maximum Gasteiger partial charge on any atom is 0.375 e. The van der Waals surface area contributed by atoms with Gasteiger partial charge in [0, 0.05) is 5.56 Å². The van der Waals surface area contributed by atoms with E-state index >= 15 is 0 Å². The Balaban J connectivity index is 2.53. The minimum atomic E-state index is -1.18. The second kappa shape index (κ2) is 4.06. The molecule has 5 nitrogen and oxygen atoms in total. The van der Waals surface area contributed by atoms with Crippen LogP contribution in [0.5, 0.6) is 0 Å². The van der Waals surface area contributed by atoms with E-state index in [-0.39, 0.29) is 5.82 Å². The van der Waals surface area contributed by atoms with Crippen LogP contribution in [0.2, 0.25) is 0 Å². The standard InChI is InChI=1S/C11H9N3O2/c1-7-4-2-3-5-8(7)9-6-12-14-10(13-9)11(15)16/h2-6H,1H3,(H,15,16). The van der Waals surface area contributed by atoms with E-state index < -0.39 is 5.97 Å². The minimum absolute atomic E-state index is 0.291. The Morgan fingerprint density at radius 2 is 2.06 bits per heavy atom. The molecule has 1 aromatic carbocycles. The maximum absolute atomic E-state index is 10.7. The minimum Gasteiger partial charge on any atom is -0.475 e. The first-order valence-electron chi connectivity index (χ1n) is 4.67. The highest BCUT2D eigenvalue weighted by atomic mass is 16.4. The molecule has 16 heavy (non-hydrogen) atoms. The molecular weight excluding hydrogens is 206 g/mol. The summed E-state index contributed by atoms with van der Waals surface area (Å²) in [6.07, 6.45) is 1.45. The van der Waals surface area contributed by atoms with Crippen LogP contribution in [0.25, 0.3) is 11.3 Å². The fraction of sp³-hybridized carbons (Fsp3) is 0.0909. The van der Waals surface area contributed by atoms with Gasteiger partial charge in [-0.15, -0.1) is 5.10 Å². The molecule has 2 rings (SSSR count). The van der Waals surface area contributed by atoms with Crippen molar-refractivity contribution in [3.63, 3.8) is 0 Å². The van der Waals surface area contributed by atoms with E-state index in [1.807, 2.05) is 31.2 Å². The molecule has 0 atom stereocenters. The van der Waals surface area contributed by atoms with Crippen LogP contribution in [0.1, 0.15) is 16.2 Å². The number of hydrogen-bond acceptors (Lipinski definition) is 4. The molecule has 0 unspecified atom stereocenters. The third kappa shape index (κ3) is 1.88. The van der Waals surface area contributed by atoms with Gasteiger partial charge in [0.25, 0.3) is 5.82 Å². The summed E-state index contributed by atoms with van der Waals surface area (Å²) in [5.41, 5.74) is 2.39. The lowest BCUT2D eigenvalue weighted by molar-refractivity contribution is 0.0682. The van der Waals surface area contributed by atoms with Crippen molar-refractivity contribution in [3.05, 3.63) is 41.9 Å². The molecule has 80 valence electrons. The number of hydrogen-bond donors (Lipinski definition) is 1. The summed E-state index contributed by atoms with van der Waals surface area (Å²) in [4.78, 5) is 14.6. The van der Waals surface area contributed by atoms with Gasteiger partial charge in [0.15, 0.2) is 0 Å². The summed E-state index contributed by atoms with van der Waals surface area (Å²) in [6.45, 7) is 1.93. The zero-order valence-corrected chi connectivity index (χ0v) is 8.58. The summed E-state index contributed by atoms with van der Waals surface area (Å²) in [6, 6.07) is 7.57. The van der Waals surface area contributed by atoms with Gasteiger partial charge < -0.3 is 5.11 Å². The molecule has 1 N–H and O–H groups in total. The van der Waals surface area contributed by atoms with E-state index in [9.17, 15) is 4.79 Å². The van der Waals surface area contributed by atoms with E-state index in [1.165, 1.54) is 6.20 Å². The van der Waals surface area contributed by atoms with Crippen LogP contribution in [-0.4, -0.2) is 26.3 Å². The van der Waals surface area contributed by atoms with Gasteiger partial charge in [0.1, 0.15) is 0 Å². The Labute approximate surface area is 91.8 Å². The molecule has 0 fully saturated rings. The van der Waals surface area contributed by atoms with E-state index in [0.29, 0.717) is 5.69 Å². The average molecular weight is 215 g/mol. The normalized spacial score (nSPS) is 10.1. The topological polar surface area (TPSA) is 76.0 Å². The Morgan fingerprint density at radius 1 is 1.31 bits per heavy atom. The van der Waals surface area contributed by atoms with Crippen molar-refractivity contribution in [2.45, 2.75) is 6.92 Å². The quantitative estimate of drug-likeness (QED) is 0.822. The van der Waals surface area contributed by atoms with Crippen molar-refractivity contribution in [1.29, 1.82) is 0 Å². The lowest BCUT2D eigenvalue weighted by Crippen LogP contribution is -2.06. The average Bonchev–Trinajstić information content (AvgIpc) is 2.30. The maximum atomic E-state index is 10.7. The van der Waals surface area contributed by atoms with Gasteiger partial charge in [-0.25, -0.2) is 9.78 Å². The van der Waals surface area contributed by atoms with Crippen molar-refractivity contribution in [2.75, 3.05) is 0 Å². The first-order valence-corrected chi connectivity index (χ1v) is 4.67. The molecule has 0 aliphatic rings. The molecule has 0 bridgehead atoms.